The summed E-state index contributed by atoms with van der Waals surface area (Å²) in [5.41, 5.74) is 1.86. The molecule has 3 rings (SSSR count). The summed E-state index contributed by atoms with van der Waals surface area (Å²) in [4.78, 5) is 5.25. The second-order valence-corrected chi connectivity index (χ2v) is 6.47. The van der Waals surface area contributed by atoms with E-state index < -0.39 is 17.2 Å². The van der Waals surface area contributed by atoms with Gasteiger partial charge in [0.15, 0.2) is 11.5 Å². The molecule has 0 unspecified atom stereocenters. The smallest absolute Gasteiger partial charge is 0.211 e. The number of rotatable bonds is 5. The van der Waals surface area contributed by atoms with E-state index in [-0.39, 0.29) is 5.56 Å². The predicted molar refractivity (Wildman–Crippen MR) is 104 cm³/mol. The van der Waals surface area contributed by atoms with Gasteiger partial charge in [-0.1, -0.05) is 6.07 Å². The van der Waals surface area contributed by atoms with E-state index in [1.165, 1.54) is 29.7 Å². The Bertz CT molecular complexity index is 1050. The molecule has 1 heterocycles. The number of aryl methyl sites for hydroxylation is 1. The van der Waals surface area contributed by atoms with Gasteiger partial charge >= 0.3 is 0 Å². The van der Waals surface area contributed by atoms with Crippen molar-refractivity contribution in [2.24, 2.45) is 10.1 Å². The lowest BCUT2D eigenvalue weighted by atomic mass is 10.2. The molecule has 0 saturated heterocycles. The number of hydrogen-bond donors (Lipinski definition) is 3. The zero-order chi connectivity index (χ0) is 19.4. The quantitative estimate of drug-likeness (QED) is 0.462. The van der Waals surface area contributed by atoms with Gasteiger partial charge in [0.25, 0.3) is 0 Å². The number of phenolic OH excluding ortho intramolecular Hbond substituents is 3. The van der Waals surface area contributed by atoms with Gasteiger partial charge in [0.1, 0.15) is 5.75 Å². The van der Waals surface area contributed by atoms with Crippen LogP contribution >= 0.6 is 11.3 Å². The van der Waals surface area contributed by atoms with Crippen molar-refractivity contribution >= 4 is 23.2 Å². The van der Waals surface area contributed by atoms with Crippen LogP contribution in [0.4, 0.5) is 5.69 Å². The lowest BCUT2D eigenvalue weighted by Gasteiger charge is -2.04. The molecule has 3 N–H and O–H groups in total. The predicted octanol–water partition coefficient (Wildman–Crippen LogP) is 3.49. The number of ether oxygens (including phenoxy) is 1. The second kappa shape index (κ2) is 7.96. The minimum absolute atomic E-state index is 0.271. The zero-order valence-electron chi connectivity index (χ0n) is 14.8. The summed E-state index contributed by atoms with van der Waals surface area (Å²) in [7, 11) is 0. The first-order valence-electron chi connectivity index (χ1n) is 8.22. The van der Waals surface area contributed by atoms with Gasteiger partial charge in [-0.15, -0.1) is 11.3 Å². The number of phenols is 3. The highest BCUT2D eigenvalue weighted by Gasteiger charge is 2.09. The van der Waals surface area contributed by atoms with Crippen LogP contribution in [-0.4, -0.2) is 32.8 Å². The minimum Gasteiger partial charge on any atom is -0.504 e. The number of aromatic hydroxyl groups is 3. The molecule has 8 heteroatoms. The van der Waals surface area contributed by atoms with E-state index in [4.69, 9.17) is 4.74 Å². The fourth-order valence-corrected chi connectivity index (χ4v) is 3.16. The monoisotopic (exact) mass is 385 g/mol. The lowest BCUT2D eigenvalue weighted by molar-refractivity contribution is 0.340. The van der Waals surface area contributed by atoms with Gasteiger partial charge in [0.2, 0.25) is 10.6 Å². The molecule has 0 aliphatic heterocycles. The Labute approximate surface area is 159 Å². The molecule has 0 saturated carbocycles. The summed E-state index contributed by atoms with van der Waals surface area (Å²) in [5.74, 6) is -0.667. The van der Waals surface area contributed by atoms with Crippen molar-refractivity contribution in [1.82, 2.24) is 4.68 Å². The summed E-state index contributed by atoms with van der Waals surface area (Å²) < 4.78 is 7.12. The highest BCUT2D eigenvalue weighted by atomic mass is 32.1. The summed E-state index contributed by atoms with van der Waals surface area (Å²) in [6.07, 6.45) is 1.39. The van der Waals surface area contributed by atoms with E-state index in [0.29, 0.717) is 11.4 Å². The number of nitrogens with zero attached hydrogens (tertiary/aromatic N) is 3. The third kappa shape index (κ3) is 4.12. The van der Waals surface area contributed by atoms with Gasteiger partial charge in [0, 0.05) is 17.0 Å². The molecule has 140 valence electrons. The molecule has 0 aliphatic rings. The maximum atomic E-state index is 9.92. The van der Waals surface area contributed by atoms with E-state index in [1.807, 2.05) is 43.5 Å². The molecule has 0 bridgehead atoms. The maximum absolute atomic E-state index is 9.92. The van der Waals surface area contributed by atoms with Crippen LogP contribution in [0, 0.1) is 6.92 Å². The molecule has 1 aromatic heterocycles. The summed E-state index contributed by atoms with van der Waals surface area (Å²) in [6, 6.07) is 10.2. The molecule has 0 spiro atoms. The normalized spacial score (nSPS) is 12.0. The van der Waals surface area contributed by atoms with Crippen molar-refractivity contribution in [2.75, 3.05) is 6.61 Å². The third-order valence-electron chi connectivity index (χ3n) is 3.68. The molecule has 0 aliphatic carbocycles. The van der Waals surface area contributed by atoms with Crippen LogP contribution in [0.2, 0.25) is 0 Å². The van der Waals surface area contributed by atoms with Crippen molar-refractivity contribution in [2.45, 2.75) is 13.8 Å². The van der Waals surface area contributed by atoms with Gasteiger partial charge in [-0.25, -0.2) is 9.67 Å². The van der Waals surface area contributed by atoms with Crippen LogP contribution in [0.25, 0.3) is 0 Å². The van der Waals surface area contributed by atoms with Crippen LogP contribution in [0.15, 0.2) is 51.9 Å². The van der Waals surface area contributed by atoms with Crippen molar-refractivity contribution in [3.8, 4) is 23.0 Å². The first-order valence-corrected chi connectivity index (χ1v) is 9.10. The van der Waals surface area contributed by atoms with Gasteiger partial charge < -0.3 is 20.1 Å². The summed E-state index contributed by atoms with van der Waals surface area (Å²) in [6.45, 7) is 4.39. The van der Waals surface area contributed by atoms with Crippen LogP contribution in [0.5, 0.6) is 23.0 Å². The Kier molecular flexibility index (Phi) is 5.46. The Hall–Kier alpha value is -3.26. The van der Waals surface area contributed by atoms with Gasteiger partial charge in [-0.3, -0.25) is 0 Å². The molecular formula is C19H19N3O4S. The Balaban J connectivity index is 1.98. The lowest BCUT2D eigenvalue weighted by Crippen LogP contribution is -2.11. The molecule has 7 nitrogen and oxygen atoms in total. The molecule has 0 fully saturated rings. The Morgan fingerprint density at radius 3 is 2.74 bits per heavy atom. The zero-order valence-corrected chi connectivity index (χ0v) is 15.6. The maximum Gasteiger partial charge on any atom is 0.211 e. The van der Waals surface area contributed by atoms with E-state index in [2.05, 4.69) is 10.1 Å². The number of benzene rings is 2. The Morgan fingerprint density at radius 2 is 1.96 bits per heavy atom. The fourth-order valence-electron chi connectivity index (χ4n) is 2.33. The first kappa shape index (κ1) is 18.5. The Morgan fingerprint density at radius 1 is 1.15 bits per heavy atom. The molecule has 0 amide bonds. The molecule has 0 atom stereocenters. The highest BCUT2D eigenvalue weighted by Crippen LogP contribution is 2.36. The van der Waals surface area contributed by atoms with Crippen LogP contribution < -0.4 is 9.54 Å². The molecule has 2 aromatic carbocycles. The first-order chi connectivity index (χ1) is 13.0. The van der Waals surface area contributed by atoms with E-state index >= 15 is 0 Å². The fraction of sp³-hybridized carbons (Fsp3) is 0.158. The topological polar surface area (TPSA) is 99.6 Å². The van der Waals surface area contributed by atoms with Gasteiger partial charge in [-0.05, 0) is 38.1 Å². The second-order valence-electron chi connectivity index (χ2n) is 5.63. The van der Waals surface area contributed by atoms with E-state index in [1.54, 1.807) is 4.68 Å². The number of hydrogen-bond acceptors (Lipinski definition) is 7. The van der Waals surface area contributed by atoms with Gasteiger partial charge in [0.05, 0.1) is 24.2 Å². The van der Waals surface area contributed by atoms with Crippen molar-refractivity contribution in [3.05, 3.63) is 57.8 Å². The van der Waals surface area contributed by atoms with E-state index in [0.717, 1.165) is 17.1 Å². The highest BCUT2D eigenvalue weighted by molar-refractivity contribution is 7.07. The SMILES string of the molecule is CCOc1cccc(N=c2scc(C)n2/N=C/c2ccc(O)c(O)c2O)c1. The van der Waals surface area contributed by atoms with Crippen LogP contribution in [0.3, 0.4) is 0 Å². The van der Waals surface area contributed by atoms with Crippen LogP contribution in [0.1, 0.15) is 18.2 Å². The number of thiazole rings is 1. The van der Waals surface area contributed by atoms with Crippen molar-refractivity contribution in [3.63, 3.8) is 0 Å². The third-order valence-corrected chi connectivity index (χ3v) is 4.61. The number of aromatic nitrogens is 1. The largest absolute Gasteiger partial charge is 0.504 e. The molecule has 0 radical (unpaired) electrons. The van der Waals surface area contributed by atoms with E-state index in [9.17, 15) is 15.3 Å². The average molecular weight is 385 g/mol. The van der Waals surface area contributed by atoms with Crippen molar-refractivity contribution in [1.29, 1.82) is 0 Å². The molecule has 3 aromatic rings. The molecular weight excluding hydrogens is 366 g/mol. The average Bonchev–Trinajstić information content (AvgIpc) is 2.99. The van der Waals surface area contributed by atoms with Crippen LogP contribution in [-0.2, 0) is 0 Å². The summed E-state index contributed by atoms with van der Waals surface area (Å²) >= 11 is 1.42. The standard InChI is InChI=1S/C19H19N3O4S/c1-3-26-15-6-4-5-14(9-15)21-19-22(12(2)11-27-19)20-10-13-7-8-16(23)18(25)17(13)24/h4-11,23-25H,3H2,1-2H3/b20-10+,21-19?. The molecule has 27 heavy (non-hydrogen) atoms. The summed E-state index contributed by atoms with van der Waals surface area (Å²) in [5, 5.41) is 35.2. The van der Waals surface area contributed by atoms with Crippen molar-refractivity contribution < 1.29 is 20.1 Å². The van der Waals surface area contributed by atoms with Gasteiger partial charge in [-0.2, -0.15) is 5.10 Å². The minimum atomic E-state index is -0.580.